The third kappa shape index (κ3) is 6.30. The maximum absolute atomic E-state index is 4.07. The Bertz CT molecular complexity index is 78.2. The summed E-state index contributed by atoms with van der Waals surface area (Å²) in [7, 11) is 0. The van der Waals surface area contributed by atoms with Gasteiger partial charge in [0.05, 0.1) is 0 Å². The van der Waals surface area contributed by atoms with Crippen molar-refractivity contribution in [3.63, 3.8) is 0 Å². The summed E-state index contributed by atoms with van der Waals surface area (Å²) in [4.78, 5) is 0. The lowest BCUT2D eigenvalue weighted by molar-refractivity contribution is 1.10. The van der Waals surface area contributed by atoms with E-state index >= 15 is 0 Å². The Labute approximate surface area is 46.9 Å². The van der Waals surface area contributed by atoms with Gasteiger partial charge in [0.15, 0.2) is 0 Å². The highest BCUT2D eigenvalue weighted by molar-refractivity contribution is 7.72. The van der Waals surface area contributed by atoms with Crippen LogP contribution in [0.15, 0.2) is 0 Å². The molecule has 0 fully saturated rings. The third-order valence-corrected chi connectivity index (χ3v) is 2.49. The van der Waals surface area contributed by atoms with E-state index in [4.69, 9.17) is 0 Å². The quantitative estimate of drug-likeness (QED) is 0.487. The fraction of sp³-hybridized carbons (Fsp3) is 0.833. The molecule has 0 amide bonds. The first-order valence-corrected chi connectivity index (χ1v) is 5.79. The average Bonchev–Trinajstić information content (AvgIpc) is 1.30. The van der Waals surface area contributed by atoms with Crippen LogP contribution in [0.5, 0.6) is 0 Å². The molecule has 0 atom stereocenters. The van der Waals surface area contributed by atoms with Gasteiger partial charge in [0.2, 0.25) is 0 Å². The lowest BCUT2D eigenvalue weighted by Crippen LogP contribution is -1.81. The molecular formula is C6H15P. The summed E-state index contributed by atoms with van der Waals surface area (Å²) in [5.41, 5.74) is 0. The van der Waals surface area contributed by atoms with Crippen molar-refractivity contribution in [3.8, 4) is 0 Å². The maximum atomic E-state index is 4.07. The molecule has 0 aliphatic carbocycles. The lowest BCUT2D eigenvalue weighted by Gasteiger charge is -2.08. The SMILES string of the molecule is C=P(C)(C)CCC. The van der Waals surface area contributed by atoms with Crippen molar-refractivity contribution in [2.24, 2.45) is 0 Å². The maximum Gasteiger partial charge on any atom is -0.0340 e. The summed E-state index contributed by atoms with van der Waals surface area (Å²) < 4.78 is 0. The molecule has 0 aliphatic heterocycles. The molecular weight excluding hydrogens is 103 g/mol. The van der Waals surface area contributed by atoms with Crippen molar-refractivity contribution in [1.29, 1.82) is 0 Å². The van der Waals surface area contributed by atoms with Crippen LogP contribution in [0, 0.1) is 0 Å². The first-order chi connectivity index (χ1) is 3.06. The fourth-order valence-corrected chi connectivity index (χ4v) is 1.82. The van der Waals surface area contributed by atoms with E-state index in [-0.39, 0.29) is 0 Å². The van der Waals surface area contributed by atoms with Gasteiger partial charge in [-0.25, -0.2) is 0 Å². The molecule has 0 unspecified atom stereocenters. The van der Waals surface area contributed by atoms with Gasteiger partial charge >= 0.3 is 0 Å². The predicted octanol–water partition coefficient (Wildman–Crippen LogP) is 2.11. The lowest BCUT2D eigenvalue weighted by atomic mass is 10.6. The monoisotopic (exact) mass is 118 g/mol. The molecule has 0 saturated heterocycles. The second-order valence-electron chi connectivity index (χ2n) is 2.66. The van der Waals surface area contributed by atoms with E-state index in [0.29, 0.717) is 0 Å². The molecule has 0 spiro atoms. The first kappa shape index (κ1) is 7.30. The van der Waals surface area contributed by atoms with Gasteiger partial charge in [0.25, 0.3) is 0 Å². The molecule has 0 N–H and O–H groups in total. The van der Waals surface area contributed by atoms with Crippen LogP contribution in [0.1, 0.15) is 13.3 Å². The van der Waals surface area contributed by atoms with Gasteiger partial charge in [-0.2, -0.15) is 0 Å². The second-order valence-corrected chi connectivity index (χ2v) is 6.98. The smallest absolute Gasteiger partial charge is 0.0340 e. The Hall–Kier alpha value is 0.300. The summed E-state index contributed by atoms with van der Waals surface area (Å²) in [6.45, 7) is 6.10. The van der Waals surface area contributed by atoms with Crippen molar-refractivity contribution < 1.29 is 0 Å². The molecule has 0 heterocycles. The summed E-state index contributed by atoms with van der Waals surface area (Å²) in [5.74, 6) is 0. The van der Waals surface area contributed by atoms with Gasteiger partial charge in [-0.05, 0) is 19.5 Å². The second kappa shape index (κ2) is 2.57. The molecule has 7 heavy (non-hydrogen) atoms. The van der Waals surface area contributed by atoms with Crippen LogP contribution in [0.3, 0.4) is 0 Å². The van der Waals surface area contributed by atoms with Crippen molar-refractivity contribution in [1.82, 2.24) is 0 Å². The van der Waals surface area contributed by atoms with Crippen LogP contribution < -0.4 is 0 Å². The zero-order valence-electron chi connectivity index (χ0n) is 5.57. The Morgan fingerprint density at radius 3 is 1.86 bits per heavy atom. The van der Waals surface area contributed by atoms with Gasteiger partial charge in [0.1, 0.15) is 0 Å². The standard InChI is InChI=1S/C6H15P/c1-5-6-7(2,3)4/h2,5-6H2,1,3-4H3. The molecule has 1 heteroatoms. The highest BCUT2D eigenvalue weighted by atomic mass is 31.2. The Balaban J connectivity index is 3.36. The largest absolute Gasteiger partial charge is 0.118 e. The van der Waals surface area contributed by atoms with E-state index in [1.165, 1.54) is 12.6 Å². The van der Waals surface area contributed by atoms with Gasteiger partial charge in [-0.1, -0.05) is 13.3 Å². The van der Waals surface area contributed by atoms with Crippen molar-refractivity contribution in [2.45, 2.75) is 13.3 Å². The minimum atomic E-state index is -0.666. The van der Waals surface area contributed by atoms with E-state index in [2.05, 4.69) is 26.6 Å². The van der Waals surface area contributed by atoms with E-state index in [9.17, 15) is 0 Å². The third-order valence-electron chi connectivity index (χ3n) is 0.829. The van der Waals surface area contributed by atoms with E-state index < -0.39 is 6.89 Å². The van der Waals surface area contributed by atoms with E-state index in [1.54, 1.807) is 0 Å². The van der Waals surface area contributed by atoms with Crippen LogP contribution in [0.2, 0.25) is 0 Å². The van der Waals surface area contributed by atoms with Crippen LogP contribution in [-0.2, 0) is 0 Å². The first-order valence-electron chi connectivity index (χ1n) is 2.73. The topological polar surface area (TPSA) is 0 Å². The molecule has 0 saturated carbocycles. The van der Waals surface area contributed by atoms with Crippen LogP contribution in [0.4, 0.5) is 0 Å². The van der Waals surface area contributed by atoms with E-state index in [1.807, 2.05) is 0 Å². The van der Waals surface area contributed by atoms with Crippen LogP contribution in [0.25, 0.3) is 0 Å². The Morgan fingerprint density at radius 2 is 1.86 bits per heavy atom. The molecule has 0 radical (unpaired) electrons. The number of hydrogen-bond donors (Lipinski definition) is 0. The molecule has 0 aromatic carbocycles. The number of rotatable bonds is 2. The molecule has 0 bridgehead atoms. The molecule has 0 aromatic rings. The minimum absolute atomic E-state index is 0.666. The van der Waals surface area contributed by atoms with Gasteiger partial charge in [-0.15, -0.1) is 13.2 Å². The fourth-order valence-electron chi connectivity index (χ4n) is 0.605. The Kier molecular flexibility index (Phi) is 2.68. The van der Waals surface area contributed by atoms with Gasteiger partial charge in [-0.3, -0.25) is 0 Å². The van der Waals surface area contributed by atoms with E-state index in [0.717, 1.165) is 0 Å². The average molecular weight is 118 g/mol. The molecule has 0 aromatic heterocycles. The van der Waals surface area contributed by atoms with Gasteiger partial charge < -0.3 is 0 Å². The van der Waals surface area contributed by atoms with Crippen LogP contribution in [-0.4, -0.2) is 25.8 Å². The highest BCUT2D eigenvalue weighted by Crippen LogP contribution is 2.35. The highest BCUT2D eigenvalue weighted by Gasteiger charge is 1.93. The molecule has 0 rings (SSSR count). The Morgan fingerprint density at radius 1 is 1.43 bits per heavy atom. The minimum Gasteiger partial charge on any atom is -0.118 e. The van der Waals surface area contributed by atoms with Gasteiger partial charge in [0, 0.05) is 0 Å². The zero-order chi connectivity index (χ0) is 5.91. The summed E-state index contributed by atoms with van der Waals surface area (Å²) in [6.07, 6.45) is 6.71. The summed E-state index contributed by atoms with van der Waals surface area (Å²) in [5, 5.41) is 0. The predicted molar refractivity (Wildman–Crippen MR) is 41.0 cm³/mol. The van der Waals surface area contributed by atoms with Crippen molar-refractivity contribution >= 4 is 13.2 Å². The number of hydrogen-bond acceptors (Lipinski definition) is 0. The van der Waals surface area contributed by atoms with Crippen molar-refractivity contribution in [3.05, 3.63) is 0 Å². The summed E-state index contributed by atoms with van der Waals surface area (Å²) in [6, 6.07) is 0. The van der Waals surface area contributed by atoms with Crippen molar-refractivity contribution in [2.75, 3.05) is 19.5 Å². The zero-order valence-corrected chi connectivity index (χ0v) is 6.46. The molecule has 44 valence electrons. The van der Waals surface area contributed by atoms with Crippen LogP contribution >= 0.6 is 6.89 Å². The summed E-state index contributed by atoms with van der Waals surface area (Å²) >= 11 is 0. The molecule has 0 nitrogen and oxygen atoms in total. The molecule has 0 aliphatic rings. The normalized spacial score (nSPS) is 11.9.